The minimum Gasteiger partial charge on any atom is -0.456 e. The Hall–Kier alpha value is -3.78. The first-order chi connectivity index (χ1) is 18.1. The molecule has 0 N–H and O–H groups in total. The molecular weight excluding hydrogens is 459 g/mol. The van der Waals surface area contributed by atoms with E-state index in [-0.39, 0.29) is 17.5 Å². The van der Waals surface area contributed by atoms with E-state index < -0.39 is 0 Å². The van der Waals surface area contributed by atoms with Crippen LogP contribution < -0.4 is 21.1 Å². The van der Waals surface area contributed by atoms with Crippen LogP contribution >= 0.6 is 0 Å². The first-order valence-corrected chi connectivity index (χ1v) is 13.6. The molecule has 0 spiro atoms. The molecule has 1 aliphatic heterocycles. The third-order valence-electron chi connectivity index (χ3n) is 7.96. The molecular formula is C36H35BO. The molecule has 2 heteroatoms. The van der Waals surface area contributed by atoms with E-state index in [2.05, 4.69) is 139 Å². The quantitative estimate of drug-likeness (QED) is 0.229. The Morgan fingerprint density at radius 1 is 0.500 bits per heavy atom. The Morgan fingerprint density at radius 2 is 1.05 bits per heavy atom. The zero-order valence-corrected chi connectivity index (χ0v) is 23.3. The lowest BCUT2D eigenvalue weighted by Crippen LogP contribution is -2.52. The van der Waals surface area contributed by atoms with Gasteiger partial charge in [-0.05, 0) is 45.0 Å². The Morgan fingerprint density at radius 3 is 1.63 bits per heavy atom. The van der Waals surface area contributed by atoms with Crippen molar-refractivity contribution < 1.29 is 4.74 Å². The highest BCUT2D eigenvalue weighted by molar-refractivity contribution is 6.96. The molecule has 6 rings (SSSR count). The van der Waals surface area contributed by atoms with Gasteiger partial charge in [0.15, 0.2) is 0 Å². The molecule has 1 aliphatic rings. The summed E-state index contributed by atoms with van der Waals surface area (Å²) in [4.78, 5) is 0. The number of hydrogen-bond acceptors (Lipinski definition) is 1. The van der Waals surface area contributed by atoms with Crippen molar-refractivity contribution in [3.05, 3.63) is 114 Å². The number of rotatable bonds is 3. The highest BCUT2D eigenvalue weighted by Gasteiger charge is 2.28. The van der Waals surface area contributed by atoms with Crippen LogP contribution in [-0.2, 0) is 10.8 Å². The highest BCUT2D eigenvalue weighted by Crippen LogP contribution is 2.45. The molecule has 5 aromatic rings. The predicted molar refractivity (Wildman–Crippen MR) is 164 cm³/mol. The Labute approximate surface area is 227 Å². The molecule has 0 atom stereocenters. The van der Waals surface area contributed by atoms with E-state index in [1.807, 2.05) is 6.07 Å². The van der Waals surface area contributed by atoms with Crippen molar-refractivity contribution in [3.63, 3.8) is 0 Å². The van der Waals surface area contributed by atoms with Crippen LogP contribution in [0, 0.1) is 0 Å². The number of fused-ring (bicyclic) bond motifs is 2. The van der Waals surface area contributed by atoms with Crippen molar-refractivity contribution in [2.45, 2.75) is 52.4 Å². The minimum atomic E-state index is 0.111. The van der Waals surface area contributed by atoms with E-state index in [0.29, 0.717) is 0 Å². The van der Waals surface area contributed by atoms with Gasteiger partial charge in [0.2, 0.25) is 6.71 Å². The lowest BCUT2D eigenvalue weighted by molar-refractivity contribution is 0.487. The number of ether oxygens (including phenoxy) is 1. The molecule has 0 unspecified atom stereocenters. The van der Waals surface area contributed by atoms with Crippen LogP contribution in [0.25, 0.3) is 21.9 Å². The van der Waals surface area contributed by atoms with Gasteiger partial charge in [-0.25, -0.2) is 0 Å². The van der Waals surface area contributed by atoms with Gasteiger partial charge in [0.1, 0.15) is 11.5 Å². The van der Waals surface area contributed by atoms with Crippen molar-refractivity contribution in [2.24, 2.45) is 0 Å². The van der Waals surface area contributed by atoms with E-state index >= 15 is 0 Å². The lowest BCUT2D eigenvalue weighted by atomic mass is 9.36. The van der Waals surface area contributed by atoms with Gasteiger partial charge in [-0.15, -0.1) is 0 Å². The normalized spacial score (nSPS) is 12.7. The van der Waals surface area contributed by atoms with E-state index in [1.54, 1.807) is 0 Å². The van der Waals surface area contributed by atoms with Crippen LogP contribution in [0.15, 0.2) is 103 Å². The summed E-state index contributed by atoms with van der Waals surface area (Å²) < 4.78 is 6.40. The second kappa shape index (κ2) is 8.91. The zero-order valence-electron chi connectivity index (χ0n) is 23.3. The standard InChI is InChI=1S/C36H35BO/c1-35(2,3)24-14-18-26(19-15-24)37(27-20-16-25(17-21-27)36(4,5)6)31-23-22-29-28-10-7-8-12-32(28)38-33-13-9-11-30(31)34(29)33/h7-23H,1-6H3. The van der Waals surface area contributed by atoms with Crippen molar-refractivity contribution in [2.75, 3.05) is 0 Å². The molecule has 188 valence electrons. The van der Waals surface area contributed by atoms with Crippen LogP contribution in [0.5, 0.6) is 11.5 Å². The van der Waals surface area contributed by atoms with Gasteiger partial charge in [0.05, 0.1) is 0 Å². The van der Waals surface area contributed by atoms with Gasteiger partial charge in [0, 0.05) is 10.9 Å². The highest BCUT2D eigenvalue weighted by atomic mass is 16.5. The van der Waals surface area contributed by atoms with Crippen LogP contribution in [0.2, 0.25) is 0 Å². The predicted octanol–water partition coefficient (Wildman–Crippen LogP) is 7.72. The summed E-state index contributed by atoms with van der Waals surface area (Å²) in [5.41, 5.74) is 9.25. The van der Waals surface area contributed by atoms with Crippen LogP contribution in [0.4, 0.5) is 0 Å². The average molecular weight is 494 g/mol. The topological polar surface area (TPSA) is 9.23 Å². The first kappa shape index (κ1) is 24.6. The largest absolute Gasteiger partial charge is 0.456 e. The summed E-state index contributed by atoms with van der Waals surface area (Å²) in [6.07, 6.45) is 0. The molecule has 5 aromatic carbocycles. The molecule has 38 heavy (non-hydrogen) atoms. The van der Waals surface area contributed by atoms with Crippen molar-refractivity contribution in [3.8, 4) is 22.6 Å². The lowest BCUT2D eigenvalue weighted by Gasteiger charge is -2.26. The van der Waals surface area contributed by atoms with E-state index in [1.165, 1.54) is 43.9 Å². The third kappa shape index (κ3) is 4.23. The summed E-state index contributed by atoms with van der Waals surface area (Å²) in [6.45, 7) is 13.7. The van der Waals surface area contributed by atoms with Gasteiger partial charge >= 0.3 is 0 Å². The summed E-state index contributed by atoms with van der Waals surface area (Å²) in [5, 5.41) is 2.45. The Bertz CT molecular complexity index is 1570. The van der Waals surface area contributed by atoms with Crippen LogP contribution in [-0.4, -0.2) is 6.71 Å². The molecule has 0 aromatic heterocycles. The fraction of sp³-hybridized carbons (Fsp3) is 0.222. The maximum Gasteiger partial charge on any atom is 0.241 e. The molecule has 1 nitrogen and oxygen atoms in total. The molecule has 1 heterocycles. The fourth-order valence-electron chi connectivity index (χ4n) is 5.76. The SMILES string of the molecule is CC(C)(C)c1ccc(B(c2ccc(C(C)(C)C)cc2)c2ccc3c4c(cccc24)Oc2ccccc2-3)cc1. The fourth-order valence-corrected chi connectivity index (χ4v) is 5.76. The molecule has 0 fully saturated rings. The smallest absolute Gasteiger partial charge is 0.241 e. The van der Waals surface area contributed by atoms with Crippen molar-refractivity contribution >= 4 is 33.9 Å². The summed E-state index contributed by atoms with van der Waals surface area (Å²) in [6, 6.07) is 38.0. The molecule has 0 bridgehead atoms. The molecule has 0 amide bonds. The third-order valence-corrected chi connectivity index (χ3v) is 7.96. The second-order valence-electron chi connectivity index (χ2n) is 12.7. The van der Waals surface area contributed by atoms with Crippen molar-refractivity contribution in [1.82, 2.24) is 0 Å². The molecule has 0 aliphatic carbocycles. The van der Waals surface area contributed by atoms with E-state index in [9.17, 15) is 0 Å². The Kier molecular flexibility index (Phi) is 5.76. The second-order valence-corrected chi connectivity index (χ2v) is 12.7. The zero-order chi connectivity index (χ0) is 26.7. The van der Waals surface area contributed by atoms with Gasteiger partial charge in [-0.1, -0.05) is 149 Å². The summed E-state index contributed by atoms with van der Waals surface area (Å²) in [5.74, 6) is 1.86. The Balaban J connectivity index is 1.57. The van der Waals surface area contributed by atoms with Crippen LogP contribution in [0.3, 0.4) is 0 Å². The van der Waals surface area contributed by atoms with Gasteiger partial charge in [0.25, 0.3) is 0 Å². The number of para-hydroxylation sites is 1. The molecule has 0 saturated carbocycles. The first-order valence-electron chi connectivity index (χ1n) is 13.6. The molecule has 0 radical (unpaired) electrons. The average Bonchev–Trinajstić information content (AvgIpc) is 2.89. The minimum absolute atomic E-state index is 0.111. The van der Waals surface area contributed by atoms with Crippen LogP contribution in [0.1, 0.15) is 52.7 Å². The van der Waals surface area contributed by atoms with Gasteiger partial charge < -0.3 is 4.74 Å². The summed E-state index contributed by atoms with van der Waals surface area (Å²) in [7, 11) is 0. The maximum absolute atomic E-state index is 6.40. The van der Waals surface area contributed by atoms with Gasteiger partial charge in [-0.3, -0.25) is 0 Å². The van der Waals surface area contributed by atoms with E-state index in [0.717, 1.165) is 17.1 Å². The van der Waals surface area contributed by atoms with Gasteiger partial charge in [-0.2, -0.15) is 0 Å². The maximum atomic E-state index is 6.40. The molecule has 0 saturated heterocycles. The monoisotopic (exact) mass is 494 g/mol. The summed E-state index contributed by atoms with van der Waals surface area (Å²) >= 11 is 0. The number of hydrogen-bond donors (Lipinski definition) is 0. The van der Waals surface area contributed by atoms with Crippen molar-refractivity contribution in [1.29, 1.82) is 0 Å². The number of benzene rings is 5. The van der Waals surface area contributed by atoms with E-state index in [4.69, 9.17) is 4.74 Å².